The molecular weight excluding hydrogens is 645 g/mol. The average molecular weight is 733 g/mol. The molecule has 7 heteroatoms. The second-order valence-electron chi connectivity index (χ2n) is 18.5. The van der Waals surface area contributed by atoms with Crippen LogP contribution in [0.2, 0.25) is 0 Å². The fourth-order valence-electron chi connectivity index (χ4n) is 12.2. The average Bonchev–Trinajstić information content (AvgIpc) is 3.50. The van der Waals surface area contributed by atoms with E-state index >= 15 is 0 Å². The lowest BCUT2D eigenvalue weighted by atomic mass is 9.43. The summed E-state index contributed by atoms with van der Waals surface area (Å²) in [6.45, 7) is 17.0. The number of rotatable bonds is 28. The Morgan fingerprint density at radius 2 is 1.27 bits per heavy atom. The first kappa shape index (κ1) is 44.4. The van der Waals surface area contributed by atoms with Crippen LogP contribution in [0, 0.1) is 46.3 Å². The van der Waals surface area contributed by atoms with E-state index in [0.717, 1.165) is 52.0 Å². The summed E-state index contributed by atoms with van der Waals surface area (Å²) < 4.78 is 20.4. The summed E-state index contributed by atoms with van der Waals surface area (Å²) in [5, 5.41) is 3.80. The highest BCUT2D eigenvalue weighted by atomic mass is 16.5. The predicted octanol–water partition coefficient (Wildman–Crippen LogP) is 8.99. The first-order valence-electron chi connectivity index (χ1n) is 23.0. The lowest BCUT2D eigenvalue weighted by molar-refractivity contribution is -0.227. The van der Waals surface area contributed by atoms with E-state index in [1.807, 2.05) is 0 Å². The second kappa shape index (κ2) is 23.7. The Kier molecular flexibility index (Phi) is 20.3. The smallest absolute Gasteiger partial charge is 0.0637 e. The summed E-state index contributed by atoms with van der Waals surface area (Å²) in [4.78, 5) is 0. The number of unbranched alkanes of at least 4 members (excludes halogenated alkanes) is 9. The zero-order valence-corrected chi connectivity index (χ0v) is 34.9. The van der Waals surface area contributed by atoms with E-state index < -0.39 is 0 Å². The molecule has 0 saturated heterocycles. The maximum atomic E-state index is 7.06. The molecule has 0 aliphatic heterocycles. The molecule has 5 unspecified atom stereocenters. The molecule has 0 aromatic heterocycles. The summed E-state index contributed by atoms with van der Waals surface area (Å²) >= 11 is 0. The third-order valence-corrected chi connectivity index (χ3v) is 15.2. The molecule has 4 rings (SSSR count). The zero-order chi connectivity index (χ0) is 37.2. The van der Waals surface area contributed by atoms with Gasteiger partial charge < -0.3 is 36.7 Å². The van der Waals surface area contributed by atoms with E-state index in [0.29, 0.717) is 78.9 Å². The molecule has 0 aromatic rings. The molecule has 0 bridgehead atoms. The van der Waals surface area contributed by atoms with Crippen LogP contribution >= 0.6 is 0 Å². The molecule has 0 amide bonds. The van der Waals surface area contributed by atoms with Gasteiger partial charge in [-0.15, -0.1) is 0 Å². The maximum Gasteiger partial charge on any atom is 0.0637 e. The van der Waals surface area contributed by atoms with Crippen molar-refractivity contribution in [2.24, 2.45) is 63.5 Å². The van der Waals surface area contributed by atoms with Crippen LogP contribution in [0.3, 0.4) is 0 Å². The highest BCUT2D eigenvalue weighted by Crippen LogP contribution is 2.69. The molecule has 0 aromatic carbocycles. The van der Waals surface area contributed by atoms with E-state index in [-0.39, 0.29) is 5.41 Å². The summed E-state index contributed by atoms with van der Waals surface area (Å²) in [5.74, 6) is 3.92. The minimum absolute atomic E-state index is 0.180. The zero-order valence-electron chi connectivity index (χ0n) is 34.9. The van der Waals surface area contributed by atoms with Gasteiger partial charge in [-0.1, -0.05) is 85.5 Å². The van der Waals surface area contributed by atoms with Crippen molar-refractivity contribution in [3.8, 4) is 0 Å². The van der Waals surface area contributed by atoms with Crippen LogP contribution in [0.15, 0.2) is 0 Å². The fraction of sp³-hybridized carbons (Fsp3) is 1.00. The van der Waals surface area contributed by atoms with Gasteiger partial charge in [-0.05, 0) is 157 Å². The van der Waals surface area contributed by atoms with Gasteiger partial charge in [0.15, 0.2) is 0 Å². The molecule has 4 aliphatic rings. The van der Waals surface area contributed by atoms with Crippen molar-refractivity contribution in [2.75, 3.05) is 52.5 Å². The van der Waals surface area contributed by atoms with E-state index in [1.54, 1.807) is 0 Å². The highest BCUT2D eigenvalue weighted by molar-refractivity contribution is 5.15. The Morgan fingerprint density at radius 1 is 0.654 bits per heavy atom. The maximum absolute atomic E-state index is 7.06. The minimum Gasteiger partial charge on any atom is -0.378 e. The fourth-order valence-corrected chi connectivity index (χ4v) is 12.2. The van der Waals surface area contributed by atoms with Crippen LogP contribution in [0.5, 0.6) is 0 Å². The van der Waals surface area contributed by atoms with E-state index in [4.69, 9.17) is 31.4 Å². The van der Waals surface area contributed by atoms with E-state index in [1.165, 1.54) is 122 Å². The van der Waals surface area contributed by atoms with Gasteiger partial charge in [0, 0.05) is 25.2 Å². The number of ether oxygens (including phenoxy) is 3. The summed E-state index contributed by atoms with van der Waals surface area (Å²) in [6, 6.07) is 0. The van der Waals surface area contributed by atoms with Crippen LogP contribution in [0.25, 0.3) is 0 Å². The summed E-state index contributed by atoms with van der Waals surface area (Å²) in [7, 11) is 0. The SMILES string of the molecule is CCCCCCCCCCCCNCCC[C@@H](C)[C@H]1CC[C@H]2C3C(C[C@H](OCCCN)C12C)C1(C)CC[C@@H](OCCCN)CC1C[C@H]3OCCCN. The Labute approximate surface area is 322 Å². The number of fused-ring (bicyclic) bond motifs is 5. The normalized spacial score (nSPS) is 34.9. The van der Waals surface area contributed by atoms with E-state index in [9.17, 15) is 0 Å². The number of nitrogens with two attached hydrogens (primary N) is 3. The quantitative estimate of drug-likeness (QED) is 0.0594. The predicted molar refractivity (Wildman–Crippen MR) is 219 cm³/mol. The Morgan fingerprint density at radius 3 is 1.94 bits per heavy atom. The number of hydrogen-bond acceptors (Lipinski definition) is 7. The van der Waals surface area contributed by atoms with Gasteiger partial charge in [-0.25, -0.2) is 0 Å². The molecule has 306 valence electrons. The molecule has 11 atom stereocenters. The molecule has 0 radical (unpaired) electrons. The van der Waals surface area contributed by atoms with Crippen LogP contribution in [0.1, 0.15) is 169 Å². The molecular formula is C45H88N4O3. The second-order valence-corrected chi connectivity index (χ2v) is 18.5. The van der Waals surface area contributed by atoms with E-state index in [2.05, 4.69) is 33.0 Å². The lowest BCUT2D eigenvalue weighted by Gasteiger charge is -2.65. The summed E-state index contributed by atoms with van der Waals surface area (Å²) in [5.41, 5.74) is 18.3. The molecule has 7 N–H and O–H groups in total. The molecule has 4 aliphatic carbocycles. The third-order valence-electron chi connectivity index (χ3n) is 15.2. The molecule has 4 saturated carbocycles. The largest absolute Gasteiger partial charge is 0.378 e. The van der Waals surface area contributed by atoms with Gasteiger partial charge in [0.1, 0.15) is 0 Å². The lowest BCUT2D eigenvalue weighted by Crippen LogP contribution is -2.63. The third kappa shape index (κ3) is 11.9. The van der Waals surface area contributed by atoms with Crippen LogP contribution in [-0.2, 0) is 14.2 Å². The Bertz CT molecular complexity index is 940. The van der Waals surface area contributed by atoms with Gasteiger partial charge in [0.2, 0.25) is 0 Å². The van der Waals surface area contributed by atoms with Crippen LogP contribution < -0.4 is 22.5 Å². The van der Waals surface area contributed by atoms with Gasteiger partial charge in [-0.2, -0.15) is 0 Å². The van der Waals surface area contributed by atoms with Crippen molar-refractivity contribution in [2.45, 2.75) is 187 Å². The Balaban J connectivity index is 1.36. The first-order chi connectivity index (χ1) is 25.3. The highest BCUT2D eigenvalue weighted by Gasteiger charge is 2.66. The molecule has 4 fully saturated rings. The Hall–Kier alpha value is -0.280. The van der Waals surface area contributed by atoms with Crippen molar-refractivity contribution >= 4 is 0 Å². The first-order valence-corrected chi connectivity index (χ1v) is 23.0. The topological polar surface area (TPSA) is 118 Å². The van der Waals surface area contributed by atoms with Gasteiger partial charge in [0.25, 0.3) is 0 Å². The standard InChI is InChI=1S/C45H88N4O3/c1-5-6-7-8-9-10-11-12-13-14-27-49-28-15-19-35(2)38-20-21-39-43-40(34-42(45(38,39)4)52-31-18-26-48)44(3)23-22-37(50-29-16-24-46)32-36(44)33-41(43)51-30-17-25-47/h35-43,49H,5-34,46-48H2,1-4H3/t35-,36?,37-,38-,39+,40?,41-,42+,43?,44?,45?/m1/s1. The monoisotopic (exact) mass is 733 g/mol. The minimum atomic E-state index is 0.180. The summed E-state index contributed by atoms with van der Waals surface area (Å²) in [6.07, 6.45) is 29.1. The van der Waals surface area contributed by atoms with Crippen molar-refractivity contribution < 1.29 is 14.2 Å². The molecule has 0 spiro atoms. The van der Waals surface area contributed by atoms with Crippen LogP contribution in [0.4, 0.5) is 0 Å². The van der Waals surface area contributed by atoms with Crippen molar-refractivity contribution in [3.63, 3.8) is 0 Å². The van der Waals surface area contributed by atoms with Crippen LogP contribution in [-0.4, -0.2) is 70.9 Å². The van der Waals surface area contributed by atoms with Crippen molar-refractivity contribution in [3.05, 3.63) is 0 Å². The molecule has 52 heavy (non-hydrogen) atoms. The molecule has 0 heterocycles. The molecule has 7 nitrogen and oxygen atoms in total. The van der Waals surface area contributed by atoms with Crippen molar-refractivity contribution in [1.29, 1.82) is 0 Å². The van der Waals surface area contributed by atoms with Crippen molar-refractivity contribution in [1.82, 2.24) is 5.32 Å². The number of hydrogen-bond donors (Lipinski definition) is 4. The van der Waals surface area contributed by atoms with Gasteiger partial charge in [-0.3, -0.25) is 0 Å². The van der Waals surface area contributed by atoms with Gasteiger partial charge >= 0.3 is 0 Å². The number of nitrogens with one attached hydrogen (secondary N) is 1. The van der Waals surface area contributed by atoms with Gasteiger partial charge in [0.05, 0.1) is 18.3 Å².